The Bertz CT molecular complexity index is 350. The number of benzene rings is 1. The minimum atomic E-state index is 0.105. The number of carbonyl (C=O) groups excluding carboxylic acids is 1. The summed E-state index contributed by atoms with van der Waals surface area (Å²) in [5.74, 6) is 0.105. The highest BCUT2D eigenvalue weighted by Crippen LogP contribution is 2.20. The number of hydrogen-bond donors (Lipinski definition) is 1. The van der Waals surface area contributed by atoms with Crippen molar-refractivity contribution in [3.8, 4) is 0 Å². The lowest BCUT2D eigenvalue weighted by Gasteiger charge is -2.05. The van der Waals surface area contributed by atoms with Gasteiger partial charge in [-0.2, -0.15) is 0 Å². The molecule has 0 spiro atoms. The topological polar surface area (TPSA) is 32.1 Å². The van der Waals surface area contributed by atoms with E-state index in [0.717, 1.165) is 24.8 Å². The standard InChI is InChI=1S/C13H18N2O/c1-2-12-10-15(12)9-8-13(16)14-11-6-4-3-5-7-11/h3-7,12H,2,8-10H2,1H3,(H,14,16). The van der Waals surface area contributed by atoms with Gasteiger partial charge in [0, 0.05) is 31.2 Å². The van der Waals surface area contributed by atoms with Crippen LogP contribution in [0.15, 0.2) is 30.3 Å². The molecule has 1 aliphatic rings. The molecule has 16 heavy (non-hydrogen) atoms. The van der Waals surface area contributed by atoms with Crippen LogP contribution in [-0.4, -0.2) is 29.9 Å². The summed E-state index contributed by atoms with van der Waals surface area (Å²) in [7, 11) is 0. The van der Waals surface area contributed by atoms with Gasteiger partial charge in [-0.05, 0) is 18.6 Å². The van der Waals surface area contributed by atoms with Crippen LogP contribution in [0.3, 0.4) is 0 Å². The third kappa shape index (κ3) is 3.07. The third-order valence-corrected chi connectivity index (χ3v) is 2.98. The number of carbonyl (C=O) groups is 1. The molecule has 3 heteroatoms. The molecule has 2 atom stereocenters. The Morgan fingerprint density at radius 3 is 2.81 bits per heavy atom. The number of nitrogens with one attached hydrogen (secondary N) is 1. The molecular formula is C13H18N2O. The molecule has 1 fully saturated rings. The molecule has 2 rings (SSSR count). The number of anilines is 1. The molecule has 3 nitrogen and oxygen atoms in total. The van der Waals surface area contributed by atoms with Crippen molar-refractivity contribution in [1.29, 1.82) is 0 Å². The van der Waals surface area contributed by atoms with Crippen LogP contribution < -0.4 is 5.32 Å². The van der Waals surface area contributed by atoms with Crippen molar-refractivity contribution < 1.29 is 4.79 Å². The second-order valence-electron chi connectivity index (χ2n) is 4.22. The Balaban J connectivity index is 1.69. The van der Waals surface area contributed by atoms with E-state index in [4.69, 9.17) is 0 Å². The second-order valence-corrected chi connectivity index (χ2v) is 4.22. The molecule has 1 saturated heterocycles. The van der Waals surface area contributed by atoms with E-state index in [1.165, 1.54) is 6.42 Å². The van der Waals surface area contributed by atoms with Crippen LogP contribution in [0, 0.1) is 0 Å². The first-order chi connectivity index (χ1) is 7.79. The van der Waals surface area contributed by atoms with Crippen LogP contribution >= 0.6 is 0 Å². The van der Waals surface area contributed by atoms with Gasteiger partial charge in [-0.3, -0.25) is 9.69 Å². The summed E-state index contributed by atoms with van der Waals surface area (Å²) < 4.78 is 0. The average molecular weight is 218 g/mol. The highest BCUT2D eigenvalue weighted by atomic mass is 16.1. The van der Waals surface area contributed by atoms with Gasteiger partial charge in [-0.1, -0.05) is 25.1 Å². The van der Waals surface area contributed by atoms with Gasteiger partial charge >= 0.3 is 0 Å². The van der Waals surface area contributed by atoms with Gasteiger partial charge < -0.3 is 5.32 Å². The van der Waals surface area contributed by atoms with Crippen molar-refractivity contribution in [2.45, 2.75) is 25.8 Å². The molecule has 0 aliphatic carbocycles. The normalized spacial score (nSPS) is 22.8. The molecule has 1 aromatic rings. The lowest BCUT2D eigenvalue weighted by atomic mass is 10.3. The van der Waals surface area contributed by atoms with Gasteiger partial charge in [-0.25, -0.2) is 0 Å². The minimum Gasteiger partial charge on any atom is -0.326 e. The highest BCUT2D eigenvalue weighted by molar-refractivity contribution is 5.90. The van der Waals surface area contributed by atoms with Crippen molar-refractivity contribution in [3.63, 3.8) is 0 Å². The smallest absolute Gasteiger partial charge is 0.225 e. The van der Waals surface area contributed by atoms with E-state index in [0.29, 0.717) is 6.42 Å². The van der Waals surface area contributed by atoms with Gasteiger partial charge in [0.05, 0.1) is 0 Å². The summed E-state index contributed by atoms with van der Waals surface area (Å²) in [6, 6.07) is 10.3. The number of rotatable bonds is 5. The lowest BCUT2D eigenvalue weighted by molar-refractivity contribution is -0.116. The molecular weight excluding hydrogens is 200 g/mol. The minimum absolute atomic E-state index is 0.105. The lowest BCUT2D eigenvalue weighted by Crippen LogP contribution is -2.16. The van der Waals surface area contributed by atoms with Crippen molar-refractivity contribution in [1.82, 2.24) is 4.90 Å². The molecule has 0 bridgehead atoms. The quantitative estimate of drug-likeness (QED) is 0.768. The number of hydrogen-bond acceptors (Lipinski definition) is 2. The zero-order valence-corrected chi connectivity index (χ0v) is 9.65. The Labute approximate surface area is 96.5 Å². The highest BCUT2D eigenvalue weighted by Gasteiger charge is 2.31. The van der Waals surface area contributed by atoms with E-state index in [1.54, 1.807) is 0 Å². The first kappa shape index (κ1) is 11.1. The molecule has 0 aromatic heterocycles. The maximum atomic E-state index is 11.6. The van der Waals surface area contributed by atoms with E-state index in [9.17, 15) is 4.79 Å². The summed E-state index contributed by atoms with van der Waals surface area (Å²) in [5, 5.41) is 2.89. The second kappa shape index (κ2) is 5.12. The molecule has 2 unspecified atom stereocenters. The van der Waals surface area contributed by atoms with Crippen LogP contribution in [0.2, 0.25) is 0 Å². The summed E-state index contributed by atoms with van der Waals surface area (Å²) in [5.41, 5.74) is 0.880. The summed E-state index contributed by atoms with van der Waals surface area (Å²) in [4.78, 5) is 13.9. The van der Waals surface area contributed by atoms with E-state index >= 15 is 0 Å². The number of para-hydroxylation sites is 1. The Kier molecular flexibility index (Phi) is 3.57. The summed E-state index contributed by atoms with van der Waals surface area (Å²) in [6.07, 6.45) is 1.78. The molecule has 1 N–H and O–H groups in total. The first-order valence-electron chi connectivity index (χ1n) is 5.88. The van der Waals surface area contributed by atoms with E-state index < -0.39 is 0 Å². The van der Waals surface area contributed by atoms with Crippen LogP contribution in [0.4, 0.5) is 5.69 Å². The zero-order chi connectivity index (χ0) is 11.4. The molecule has 1 heterocycles. The molecule has 1 amide bonds. The largest absolute Gasteiger partial charge is 0.326 e. The Morgan fingerprint density at radius 2 is 2.19 bits per heavy atom. The zero-order valence-electron chi connectivity index (χ0n) is 9.65. The fourth-order valence-electron chi connectivity index (χ4n) is 1.87. The van der Waals surface area contributed by atoms with Crippen molar-refractivity contribution in [2.75, 3.05) is 18.4 Å². The van der Waals surface area contributed by atoms with Crippen molar-refractivity contribution in [2.24, 2.45) is 0 Å². The van der Waals surface area contributed by atoms with Gasteiger partial charge in [0.15, 0.2) is 0 Å². The number of nitrogens with zero attached hydrogens (tertiary/aromatic N) is 1. The molecule has 0 saturated carbocycles. The van der Waals surface area contributed by atoms with Crippen LogP contribution in [-0.2, 0) is 4.79 Å². The first-order valence-corrected chi connectivity index (χ1v) is 5.88. The van der Waals surface area contributed by atoms with Gasteiger partial charge in [0.1, 0.15) is 0 Å². The maximum absolute atomic E-state index is 11.6. The fourth-order valence-corrected chi connectivity index (χ4v) is 1.87. The van der Waals surface area contributed by atoms with Crippen molar-refractivity contribution >= 4 is 11.6 Å². The Morgan fingerprint density at radius 1 is 1.44 bits per heavy atom. The summed E-state index contributed by atoms with van der Waals surface area (Å²) in [6.45, 7) is 4.24. The van der Waals surface area contributed by atoms with Gasteiger partial charge in [-0.15, -0.1) is 0 Å². The molecule has 1 aliphatic heterocycles. The Hall–Kier alpha value is -1.35. The van der Waals surface area contributed by atoms with E-state index in [-0.39, 0.29) is 5.91 Å². The van der Waals surface area contributed by atoms with Crippen LogP contribution in [0.25, 0.3) is 0 Å². The number of amides is 1. The van der Waals surface area contributed by atoms with E-state index in [2.05, 4.69) is 17.1 Å². The van der Waals surface area contributed by atoms with Gasteiger partial charge in [0.2, 0.25) is 5.91 Å². The summed E-state index contributed by atoms with van der Waals surface area (Å²) >= 11 is 0. The van der Waals surface area contributed by atoms with Gasteiger partial charge in [0.25, 0.3) is 0 Å². The predicted octanol–water partition coefficient (Wildman–Crippen LogP) is 2.11. The van der Waals surface area contributed by atoms with Crippen LogP contribution in [0.5, 0.6) is 0 Å². The molecule has 0 radical (unpaired) electrons. The molecule has 86 valence electrons. The maximum Gasteiger partial charge on any atom is 0.225 e. The molecule has 1 aromatic carbocycles. The third-order valence-electron chi connectivity index (χ3n) is 2.98. The SMILES string of the molecule is CCC1CN1CCC(=O)Nc1ccccc1. The predicted molar refractivity (Wildman–Crippen MR) is 65.3 cm³/mol. The fraction of sp³-hybridized carbons (Fsp3) is 0.462. The monoisotopic (exact) mass is 218 g/mol. The van der Waals surface area contributed by atoms with E-state index in [1.807, 2.05) is 30.3 Å². The van der Waals surface area contributed by atoms with Crippen molar-refractivity contribution in [3.05, 3.63) is 30.3 Å². The van der Waals surface area contributed by atoms with Crippen LogP contribution in [0.1, 0.15) is 19.8 Å². The average Bonchev–Trinajstić information content (AvgIpc) is 3.06.